The van der Waals surface area contributed by atoms with Crippen LogP contribution in [0, 0.1) is 5.92 Å². The molecule has 0 aliphatic carbocycles. The fourth-order valence-corrected chi connectivity index (χ4v) is 3.39. The van der Waals surface area contributed by atoms with Crippen molar-refractivity contribution in [1.29, 1.82) is 0 Å². The Balaban J connectivity index is 1.77. The summed E-state index contributed by atoms with van der Waals surface area (Å²) in [6, 6.07) is 3.61. The van der Waals surface area contributed by atoms with E-state index in [4.69, 9.17) is 5.73 Å². The summed E-state index contributed by atoms with van der Waals surface area (Å²) in [5, 5.41) is 0. The lowest BCUT2D eigenvalue weighted by molar-refractivity contribution is -0.122. The number of carbonyl (C=O) groups excluding carboxylic acids is 2. The molecule has 7 nitrogen and oxygen atoms in total. The zero-order valence-corrected chi connectivity index (χ0v) is 14.1. The molecule has 2 amide bonds. The number of aromatic nitrogens is 1. The molecule has 2 fully saturated rings. The molecule has 3 rings (SSSR count). The second kappa shape index (κ2) is 7.17. The number of anilines is 1. The van der Waals surface area contributed by atoms with Crippen LogP contribution in [-0.2, 0) is 4.79 Å². The van der Waals surface area contributed by atoms with Gasteiger partial charge in [0.2, 0.25) is 5.91 Å². The third-order valence-electron chi connectivity index (χ3n) is 4.84. The number of hydrogen-bond acceptors (Lipinski definition) is 5. The number of hydrogen-bond donors (Lipinski definition) is 1. The Kier molecular flexibility index (Phi) is 4.99. The first-order valence-electron chi connectivity index (χ1n) is 8.53. The molecule has 24 heavy (non-hydrogen) atoms. The van der Waals surface area contributed by atoms with Crippen molar-refractivity contribution >= 4 is 17.6 Å². The average molecular weight is 331 g/mol. The van der Waals surface area contributed by atoms with Crippen LogP contribution in [0.5, 0.6) is 0 Å². The average Bonchev–Trinajstić information content (AvgIpc) is 3.04. The lowest BCUT2D eigenvalue weighted by Gasteiger charge is -2.23. The third kappa shape index (κ3) is 3.67. The van der Waals surface area contributed by atoms with Crippen molar-refractivity contribution < 1.29 is 9.59 Å². The molecule has 0 bridgehead atoms. The maximum absolute atomic E-state index is 12.9. The van der Waals surface area contributed by atoms with Crippen LogP contribution in [0.4, 0.5) is 5.82 Å². The first kappa shape index (κ1) is 16.7. The summed E-state index contributed by atoms with van der Waals surface area (Å²) in [5.41, 5.74) is 6.11. The molecule has 2 N–H and O–H groups in total. The van der Waals surface area contributed by atoms with E-state index in [-0.39, 0.29) is 17.7 Å². The lowest BCUT2D eigenvalue weighted by Crippen LogP contribution is -2.40. The molecule has 1 aromatic rings. The predicted molar refractivity (Wildman–Crippen MR) is 91.8 cm³/mol. The van der Waals surface area contributed by atoms with E-state index in [1.54, 1.807) is 17.2 Å². The van der Waals surface area contributed by atoms with Gasteiger partial charge in [-0.3, -0.25) is 9.59 Å². The number of carbonyl (C=O) groups is 2. The molecule has 7 heteroatoms. The SMILES string of the molecule is CN1CCN(C(=O)c2ccnc(N3CCCC3)c2)C[C@@H](C(N)=O)C1. The Labute approximate surface area is 142 Å². The van der Waals surface area contributed by atoms with Crippen molar-refractivity contribution in [3.8, 4) is 0 Å². The number of rotatable bonds is 3. The van der Waals surface area contributed by atoms with Crippen LogP contribution in [0.15, 0.2) is 18.3 Å². The summed E-state index contributed by atoms with van der Waals surface area (Å²) in [6.07, 6.45) is 4.02. The smallest absolute Gasteiger partial charge is 0.254 e. The van der Waals surface area contributed by atoms with Gasteiger partial charge in [0.1, 0.15) is 5.82 Å². The van der Waals surface area contributed by atoms with Crippen LogP contribution in [0.2, 0.25) is 0 Å². The Morgan fingerprint density at radius 3 is 2.62 bits per heavy atom. The molecule has 3 heterocycles. The highest BCUT2D eigenvalue weighted by atomic mass is 16.2. The van der Waals surface area contributed by atoms with Crippen LogP contribution in [0.25, 0.3) is 0 Å². The van der Waals surface area contributed by atoms with Crippen molar-refractivity contribution in [3.63, 3.8) is 0 Å². The molecule has 0 aromatic carbocycles. The predicted octanol–water partition coefficient (Wildman–Crippen LogP) is 0.171. The maximum Gasteiger partial charge on any atom is 0.254 e. The molecule has 130 valence electrons. The van der Waals surface area contributed by atoms with Crippen molar-refractivity contribution in [3.05, 3.63) is 23.9 Å². The molecular weight excluding hydrogens is 306 g/mol. The first-order chi connectivity index (χ1) is 11.5. The van der Waals surface area contributed by atoms with Crippen molar-refractivity contribution in [2.24, 2.45) is 11.7 Å². The summed E-state index contributed by atoms with van der Waals surface area (Å²) < 4.78 is 0. The minimum Gasteiger partial charge on any atom is -0.369 e. The summed E-state index contributed by atoms with van der Waals surface area (Å²) in [5.74, 6) is 0.117. The molecule has 2 aliphatic heterocycles. The summed E-state index contributed by atoms with van der Waals surface area (Å²) in [7, 11) is 1.95. The zero-order chi connectivity index (χ0) is 17.1. The molecule has 1 aromatic heterocycles. The van der Waals surface area contributed by atoms with Gasteiger partial charge in [-0.25, -0.2) is 4.98 Å². The molecule has 1 atom stereocenters. The van der Waals surface area contributed by atoms with E-state index in [2.05, 4.69) is 9.88 Å². The number of nitrogens with two attached hydrogens (primary N) is 1. The van der Waals surface area contributed by atoms with Gasteiger partial charge < -0.3 is 20.4 Å². The Hall–Kier alpha value is -2.15. The maximum atomic E-state index is 12.9. The first-order valence-corrected chi connectivity index (χ1v) is 8.53. The highest BCUT2D eigenvalue weighted by molar-refractivity contribution is 5.95. The van der Waals surface area contributed by atoms with Gasteiger partial charge in [-0.2, -0.15) is 0 Å². The molecule has 0 unspecified atom stereocenters. The van der Waals surface area contributed by atoms with Crippen LogP contribution in [0.1, 0.15) is 23.2 Å². The van der Waals surface area contributed by atoms with E-state index in [0.717, 1.165) is 25.5 Å². The minimum atomic E-state index is -0.353. The van der Waals surface area contributed by atoms with Gasteiger partial charge in [0.15, 0.2) is 0 Å². The molecule has 0 spiro atoms. The van der Waals surface area contributed by atoms with Crippen LogP contribution in [-0.4, -0.2) is 72.9 Å². The normalized spacial score (nSPS) is 22.5. The molecule has 0 saturated carbocycles. The van der Waals surface area contributed by atoms with Gasteiger partial charge in [0.25, 0.3) is 5.91 Å². The van der Waals surface area contributed by atoms with Gasteiger partial charge in [-0.15, -0.1) is 0 Å². The van der Waals surface area contributed by atoms with E-state index in [9.17, 15) is 9.59 Å². The van der Waals surface area contributed by atoms with E-state index in [0.29, 0.717) is 25.2 Å². The third-order valence-corrected chi connectivity index (χ3v) is 4.84. The van der Waals surface area contributed by atoms with E-state index < -0.39 is 0 Å². The fourth-order valence-electron chi connectivity index (χ4n) is 3.39. The molecule has 2 saturated heterocycles. The topological polar surface area (TPSA) is 82.8 Å². The highest BCUT2D eigenvalue weighted by Gasteiger charge is 2.28. The number of nitrogens with zero attached hydrogens (tertiary/aromatic N) is 4. The highest BCUT2D eigenvalue weighted by Crippen LogP contribution is 2.20. The Bertz CT molecular complexity index is 615. The van der Waals surface area contributed by atoms with Crippen molar-refractivity contribution in [1.82, 2.24) is 14.8 Å². The minimum absolute atomic E-state index is 0.0561. The Morgan fingerprint density at radius 2 is 1.92 bits per heavy atom. The van der Waals surface area contributed by atoms with E-state index in [1.807, 2.05) is 18.0 Å². The summed E-state index contributed by atoms with van der Waals surface area (Å²) in [6.45, 7) is 4.28. The number of amides is 2. The number of likely N-dealkylation sites (N-methyl/N-ethyl adjacent to an activating group) is 1. The van der Waals surface area contributed by atoms with Crippen molar-refractivity contribution in [2.45, 2.75) is 12.8 Å². The van der Waals surface area contributed by atoms with Crippen LogP contribution >= 0.6 is 0 Å². The van der Waals surface area contributed by atoms with Gasteiger partial charge in [0.05, 0.1) is 5.92 Å². The summed E-state index contributed by atoms with van der Waals surface area (Å²) >= 11 is 0. The second-order valence-corrected chi connectivity index (χ2v) is 6.71. The quantitative estimate of drug-likeness (QED) is 0.854. The largest absolute Gasteiger partial charge is 0.369 e. The lowest BCUT2D eigenvalue weighted by atomic mass is 10.1. The molecule has 0 radical (unpaired) electrons. The molecular formula is C17H25N5O2. The Morgan fingerprint density at radius 1 is 1.17 bits per heavy atom. The van der Waals surface area contributed by atoms with Crippen molar-refractivity contribution in [2.75, 3.05) is 51.2 Å². The van der Waals surface area contributed by atoms with Gasteiger partial charge in [-0.05, 0) is 32.0 Å². The number of primary amides is 1. The van der Waals surface area contributed by atoms with Crippen LogP contribution < -0.4 is 10.6 Å². The zero-order valence-electron chi connectivity index (χ0n) is 14.1. The standard InChI is InChI=1S/C17H25N5O2/c1-20-8-9-22(12-14(11-20)16(18)23)17(24)13-4-5-19-15(10-13)21-6-2-3-7-21/h4-5,10,14H,2-3,6-9,11-12H2,1H3,(H2,18,23)/t14-/m0/s1. The van der Waals surface area contributed by atoms with E-state index >= 15 is 0 Å². The van der Waals surface area contributed by atoms with Gasteiger partial charge in [0, 0.05) is 51.0 Å². The van der Waals surface area contributed by atoms with E-state index in [1.165, 1.54) is 12.8 Å². The second-order valence-electron chi connectivity index (χ2n) is 6.71. The summed E-state index contributed by atoms with van der Waals surface area (Å²) in [4.78, 5) is 34.9. The molecule has 2 aliphatic rings. The van der Waals surface area contributed by atoms with Crippen LogP contribution in [0.3, 0.4) is 0 Å². The van der Waals surface area contributed by atoms with Gasteiger partial charge in [-0.1, -0.05) is 0 Å². The monoisotopic (exact) mass is 331 g/mol. The van der Waals surface area contributed by atoms with Gasteiger partial charge >= 0.3 is 0 Å². The number of pyridine rings is 1. The fraction of sp³-hybridized carbons (Fsp3) is 0.588.